The van der Waals surface area contributed by atoms with Gasteiger partial charge in [0.15, 0.2) is 5.65 Å². The van der Waals surface area contributed by atoms with E-state index >= 15 is 0 Å². The molecule has 3 aromatic rings. The summed E-state index contributed by atoms with van der Waals surface area (Å²) in [5, 5.41) is 5.57. The maximum absolute atomic E-state index is 13.0. The Bertz CT molecular complexity index is 1130. The molecule has 1 amide bonds. The van der Waals surface area contributed by atoms with Crippen molar-refractivity contribution in [1.29, 1.82) is 0 Å². The Kier molecular flexibility index (Phi) is 6.74. The highest BCUT2D eigenvalue weighted by Crippen LogP contribution is 2.30. The van der Waals surface area contributed by atoms with Gasteiger partial charge >= 0.3 is 0 Å². The lowest BCUT2D eigenvalue weighted by molar-refractivity contribution is -0.137. The molecule has 2 fully saturated rings. The number of aromatic nitrogens is 5. The predicted octanol–water partition coefficient (Wildman–Crippen LogP) is 3.70. The molecule has 0 radical (unpaired) electrons. The maximum Gasteiger partial charge on any atom is 0.225 e. The van der Waals surface area contributed by atoms with E-state index in [2.05, 4.69) is 50.8 Å². The average molecular weight is 462 g/mol. The van der Waals surface area contributed by atoms with Gasteiger partial charge in [-0.1, -0.05) is 26.3 Å². The molecule has 5 rings (SSSR count). The third-order valence-electron chi connectivity index (χ3n) is 7.35. The van der Waals surface area contributed by atoms with E-state index < -0.39 is 0 Å². The summed E-state index contributed by atoms with van der Waals surface area (Å²) in [7, 11) is 0. The molecule has 0 atom stereocenters. The van der Waals surface area contributed by atoms with Crippen LogP contribution in [0, 0.1) is 11.8 Å². The molecule has 0 bridgehead atoms. The lowest BCUT2D eigenvalue weighted by Gasteiger charge is -2.38. The molecular formula is C26H35N7O. The van der Waals surface area contributed by atoms with E-state index in [1.807, 2.05) is 16.9 Å². The lowest BCUT2D eigenvalue weighted by Crippen LogP contribution is -2.51. The van der Waals surface area contributed by atoms with Gasteiger partial charge in [0.2, 0.25) is 5.91 Å². The summed E-state index contributed by atoms with van der Waals surface area (Å²) in [6.07, 6.45) is 9.99. The third kappa shape index (κ3) is 4.76. The Morgan fingerprint density at radius 2 is 1.79 bits per heavy atom. The fourth-order valence-corrected chi connectivity index (χ4v) is 5.32. The Balaban J connectivity index is 1.27. The van der Waals surface area contributed by atoms with Crippen molar-refractivity contribution in [3.8, 4) is 0 Å². The smallest absolute Gasteiger partial charge is 0.225 e. The summed E-state index contributed by atoms with van der Waals surface area (Å²) in [5.74, 6) is 2.24. The zero-order valence-electron chi connectivity index (χ0n) is 20.4. The number of carbonyl (C=O) groups excluding carboxylic acids is 1. The Morgan fingerprint density at radius 3 is 2.56 bits per heavy atom. The lowest BCUT2D eigenvalue weighted by atomic mass is 9.82. The molecule has 4 heterocycles. The van der Waals surface area contributed by atoms with Gasteiger partial charge in [0, 0.05) is 37.8 Å². The van der Waals surface area contributed by atoms with Gasteiger partial charge in [0.1, 0.15) is 12.1 Å². The molecule has 180 valence electrons. The molecule has 8 nitrogen and oxygen atoms in total. The number of piperazine rings is 1. The normalized spacial score (nSPS) is 21.2. The molecule has 8 heteroatoms. The van der Waals surface area contributed by atoms with Crippen LogP contribution in [-0.2, 0) is 17.8 Å². The molecular weight excluding hydrogens is 426 g/mol. The number of anilines is 1. The van der Waals surface area contributed by atoms with Gasteiger partial charge in [-0.3, -0.25) is 9.78 Å². The van der Waals surface area contributed by atoms with E-state index in [0.717, 1.165) is 86.0 Å². The van der Waals surface area contributed by atoms with E-state index in [4.69, 9.17) is 4.98 Å². The van der Waals surface area contributed by atoms with Crippen molar-refractivity contribution >= 4 is 22.8 Å². The summed E-state index contributed by atoms with van der Waals surface area (Å²) in [4.78, 5) is 31.3. The highest BCUT2D eigenvalue weighted by atomic mass is 16.2. The first-order valence-electron chi connectivity index (χ1n) is 12.8. The van der Waals surface area contributed by atoms with E-state index in [1.54, 1.807) is 6.33 Å². The second-order valence-corrected chi connectivity index (χ2v) is 9.88. The van der Waals surface area contributed by atoms with Crippen LogP contribution in [0.25, 0.3) is 11.0 Å². The molecule has 34 heavy (non-hydrogen) atoms. The number of hydrogen-bond acceptors (Lipinski definition) is 6. The topological polar surface area (TPSA) is 80.0 Å². The number of rotatable bonds is 6. The number of hydrogen-bond donors (Lipinski definition) is 0. The van der Waals surface area contributed by atoms with Crippen LogP contribution in [0.2, 0.25) is 0 Å². The number of carbonyl (C=O) groups is 1. The fraction of sp³-hybridized carbons (Fsp3) is 0.577. The van der Waals surface area contributed by atoms with E-state index in [-0.39, 0.29) is 5.92 Å². The summed E-state index contributed by atoms with van der Waals surface area (Å²) in [5.41, 5.74) is 2.92. The predicted molar refractivity (Wildman–Crippen MR) is 133 cm³/mol. The minimum Gasteiger partial charge on any atom is -0.352 e. The van der Waals surface area contributed by atoms with Crippen LogP contribution in [0.1, 0.15) is 57.3 Å². The van der Waals surface area contributed by atoms with Crippen molar-refractivity contribution in [2.24, 2.45) is 11.8 Å². The molecule has 1 saturated heterocycles. The van der Waals surface area contributed by atoms with Gasteiger partial charge in [-0.05, 0) is 50.2 Å². The maximum atomic E-state index is 13.0. The molecule has 2 aliphatic rings. The number of pyridine rings is 1. The third-order valence-corrected chi connectivity index (χ3v) is 7.35. The second kappa shape index (κ2) is 10.1. The molecule has 0 unspecified atom stereocenters. The molecule has 0 N–H and O–H groups in total. The number of aryl methyl sites for hydroxylation is 1. The Labute approximate surface area is 201 Å². The van der Waals surface area contributed by atoms with Crippen molar-refractivity contribution in [2.75, 3.05) is 31.1 Å². The number of amides is 1. The fourth-order valence-electron chi connectivity index (χ4n) is 5.32. The highest BCUT2D eigenvalue weighted by Gasteiger charge is 2.30. The Hall–Kier alpha value is -3.03. The molecule has 1 saturated carbocycles. The van der Waals surface area contributed by atoms with E-state index in [9.17, 15) is 4.79 Å². The van der Waals surface area contributed by atoms with Crippen LogP contribution in [0.15, 0.2) is 30.7 Å². The van der Waals surface area contributed by atoms with Gasteiger partial charge < -0.3 is 9.80 Å². The van der Waals surface area contributed by atoms with Crippen LogP contribution in [0.5, 0.6) is 0 Å². The SMILES string of the molecule is CCCc1cccc(Cn2ncc3c(N4CCN(C(=O)C5CCC(C)CC5)CC4)ncnc32)n1. The van der Waals surface area contributed by atoms with Crippen LogP contribution in [0.3, 0.4) is 0 Å². The molecule has 3 aromatic heterocycles. The molecule has 1 aliphatic heterocycles. The first-order chi connectivity index (χ1) is 16.6. The van der Waals surface area contributed by atoms with Crippen molar-refractivity contribution in [3.63, 3.8) is 0 Å². The zero-order chi connectivity index (χ0) is 23.5. The monoisotopic (exact) mass is 461 g/mol. The van der Waals surface area contributed by atoms with Crippen LogP contribution < -0.4 is 4.90 Å². The number of fused-ring (bicyclic) bond motifs is 1. The summed E-state index contributed by atoms with van der Waals surface area (Å²) in [6, 6.07) is 6.18. The van der Waals surface area contributed by atoms with Crippen LogP contribution in [0.4, 0.5) is 5.82 Å². The van der Waals surface area contributed by atoms with E-state index in [1.165, 1.54) is 12.8 Å². The minimum absolute atomic E-state index is 0.219. The van der Waals surface area contributed by atoms with Gasteiger partial charge in [-0.25, -0.2) is 14.6 Å². The molecule has 1 aliphatic carbocycles. The zero-order valence-corrected chi connectivity index (χ0v) is 20.4. The summed E-state index contributed by atoms with van der Waals surface area (Å²) in [6.45, 7) is 8.11. The van der Waals surface area contributed by atoms with E-state index in [0.29, 0.717) is 12.5 Å². The quantitative estimate of drug-likeness (QED) is 0.557. The first-order valence-corrected chi connectivity index (χ1v) is 12.8. The first kappa shape index (κ1) is 22.7. The second-order valence-electron chi connectivity index (χ2n) is 9.88. The largest absolute Gasteiger partial charge is 0.352 e. The van der Waals surface area contributed by atoms with Crippen molar-refractivity contribution in [2.45, 2.75) is 58.9 Å². The molecule has 0 aromatic carbocycles. The van der Waals surface area contributed by atoms with Crippen molar-refractivity contribution in [1.82, 2.24) is 29.6 Å². The van der Waals surface area contributed by atoms with Crippen molar-refractivity contribution in [3.05, 3.63) is 42.1 Å². The number of nitrogens with zero attached hydrogens (tertiary/aromatic N) is 7. The van der Waals surface area contributed by atoms with Crippen LogP contribution in [-0.4, -0.2) is 61.7 Å². The van der Waals surface area contributed by atoms with Crippen molar-refractivity contribution < 1.29 is 4.79 Å². The van der Waals surface area contributed by atoms with Gasteiger partial charge in [0.25, 0.3) is 0 Å². The van der Waals surface area contributed by atoms with Gasteiger partial charge in [-0.15, -0.1) is 0 Å². The summed E-state index contributed by atoms with van der Waals surface area (Å²) < 4.78 is 1.91. The standard InChI is InChI=1S/C26H35N7O/c1-3-5-21-6-4-7-22(30-21)17-33-25-23(16-29-33)24(27-18-28-25)31-12-14-32(15-13-31)26(34)20-10-8-19(2)9-11-20/h4,6-7,16,18-20H,3,5,8-15,17H2,1-2H3. The van der Waals surface area contributed by atoms with Crippen LogP contribution >= 0.6 is 0 Å². The highest BCUT2D eigenvalue weighted by molar-refractivity contribution is 5.87. The van der Waals surface area contributed by atoms with Gasteiger partial charge in [0.05, 0.1) is 23.8 Å². The minimum atomic E-state index is 0.219. The molecule has 0 spiro atoms. The van der Waals surface area contributed by atoms with Gasteiger partial charge in [-0.2, -0.15) is 5.10 Å². The summed E-state index contributed by atoms with van der Waals surface area (Å²) >= 11 is 0. The Morgan fingerprint density at radius 1 is 1.03 bits per heavy atom. The average Bonchev–Trinajstić information content (AvgIpc) is 3.27.